The van der Waals surface area contributed by atoms with Crippen LogP contribution in [0.15, 0.2) is 10.6 Å². The van der Waals surface area contributed by atoms with Crippen LogP contribution >= 0.6 is 23.5 Å². The predicted molar refractivity (Wildman–Crippen MR) is 101 cm³/mol. The van der Waals surface area contributed by atoms with Crippen molar-refractivity contribution in [2.75, 3.05) is 18.1 Å². The molecule has 1 amide bonds. The molecule has 2 atom stereocenters. The molecular weight excluding hydrogens is 344 g/mol. The number of hydrogen-bond donors (Lipinski definition) is 2. The number of rotatable bonds is 11. The van der Waals surface area contributed by atoms with Gasteiger partial charge >= 0.3 is 5.97 Å². The lowest BCUT2D eigenvalue weighted by atomic mass is 10.0. The molecule has 0 spiro atoms. The van der Waals surface area contributed by atoms with Gasteiger partial charge in [0.15, 0.2) is 0 Å². The highest BCUT2D eigenvalue weighted by Crippen LogP contribution is 2.43. The minimum absolute atomic E-state index is 0.0646. The Morgan fingerprint density at radius 1 is 1.29 bits per heavy atom. The molecule has 0 aliphatic carbocycles. The first-order valence-corrected chi connectivity index (χ1v) is 10.9. The van der Waals surface area contributed by atoms with Crippen molar-refractivity contribution in [1.82, 2.24) is 10.2 Å². The van der Waals surface area contributed by atoms with Crippen molar-refractivity contribution in [2.45, 2.75) is 63.8 Å². The molecule has 0 aromatic rings. The Balaban J connectivity index is 1.97. The number of unbranched alkanes of at least 4 members (excludes halogenated alkanes) is 4. The summed E-state index contributed by atoms with van der Waals surface area (Å²) in [5.74, 6) is 0.551. The average molecular weight is 373 g/mol. The monoisotopic (exact) mass is 372 g/mol. The number of carbonyl (C=O) groups is 2. The first-order valence-electron chi connectivity index (χ1n) is 8.89. The molecule has 2 aliphatic rings. The number of hydrogen-bond acceptors (Lipinski definition) is 5. The molecule has 1 fully saturated rings. The van der Waals surface area contributed by atoms with Gasteiger partial charge in [0.2, 0.25) is 5.91 Å². The minimum atomic E-state index is -0.976. The van der Waals surface area contributed by atoms with Crippen LogP contribution in [0.1, 0.15) is 52.4 Å². The van der Waals surface area contributed by atoms with Gasteiger partial charge in [0.1, 0.15) is 17.1 Å². The Morgan fingerprint density at radius 2 is 2.00 bits per heavy atom. The van der Waals surface area contributed by atoms with Crippen LogP contribution in [-0.4, -0.2) is 51.3 Å². The third-order valence-corrected chi connectivity index (χ3v) is 6.95. The summed E-state index contributed by atoms with van der Waals surface area (Å²) in [6.07, 6.45) is 6.74. The molecular formula is C17H28N2O3S2. The summed E-state index contributed by atoms with van der Waals surface area (Å²) in [4.78, 5) is 26.5. The third-order valence-electron chi connectivity index (χ3n) is 4.30. The molecule has 0 radical (unpaired) electrons. The topological polar surface area (TPSA) is 69.6 Å². The van der Waals surface area contributed by atoms with E-state index in [1.807, 2.05) is 0 Å². The van der Waals surface area contributed by atoms with Gasteiger partial charge in [-0.15, -0.1) is 23.5 Å². The maximum atomic E-state index is 12.4. The molecule has 2 N–H and O–H groups in total. The largest absolute Gasteiger partial charge is 0.477 e. The summed E-state index contributed by atoms with van der Waals surface area (Å²) < 4.78 is 0. The summed E-state index contributed by atoms with van der Waals surface area (Å²) in [7, 11) is 0. The zero-order valence-corrected chi connectivity index (χ0v) is 16.2. The summed E-state index contributed by atoms with van der Waals surface area (Å²) in [6, 6.07) is -0.229. The van der Waals surface area contributed by atoms with E-state index >= 15 is 0 Å². The van der Waals surface area contributed by atoms with Crippen LogP contribution in [0.3, 0.4) is 0 Å². The highest BCUT2D eigenvalue weighted by Gasteiger charge is 2.53. The summed E-state index contributed by atoms with van der Waals surface area (Å²) in [5.41, 5.74) is 0.219. The number of nitrogens with one attached hydrogen (secondary N) is 1. The molecule has 0 aromatic carbocycles. The van der Waals surface area contributed by atoms with E-state index in [0.29, 0.717) is 5.75 Å². The van der Waals surface area contributed by atoms with Gasteiger partial charge in [-0.1, -0.05) is 39.5 Å². The van der Waals surface area contributed by atoms with Crippen LogP contribution in [-0.2, 0) is 9.59 Å². The molecule has 2 aliphatic heterocycles. The molecule has 0 aromatic heterocycles. The lowest BCUT2D eigenvalue weighted by Gasteiger charge is -2.49. The second-order valence-electron chi connectivity index (χ2n) is 6.18. The quantitative estimate of drug-likeness (QED) is 0.428. The highest BCUT2D eigenvalue weighted by atomic mass is 32.2. The van der Waals surface area contributed by atoms with Crippen molar-refractivity contribution < 1.29 is 14.7 Å². The van der Waals surface area contributed by atoms with Gasteiger partial charge in [-0.25, -0.2) is 4.79 Å². The van der Waals surface area contributed by atoms with Crippen molar-refractivity contribution in [1.29, 1.82) is 0 Å². The number of carboxylic acid groups (broad SMARTS) is 1. The zero-order chi connectivity index (χ0) is 17.5. The van der Waals surface area contributed by atoms with Crippen LogP contribution in [0.2, 0.25) is 0 Å². The molecule has 1 unspecified atom stereocenters. The number of carboxylic acids is 1. The maximum absolute atomic E-state index is 12.4. The maximum Gasteiger partial charge on any atom is 0.353 e. The van der Waals surface area contributed by atoms with Crippen LogP contribution in [0.4, 0.5) is 0 Å². The number of carbonyl (C=O) groups excluding carboxylic acids is 1. The Kier molecular flexibility index (Phi) is 7.97. The van der Waals surface area contributed by atoms with Gasteiger partial charge in [-0.3, -0.25) is 9.69 Å². The van der Waals surface area contributed by atoms with Gasteiger partial charge in [0.25, 0.3) is 0 Å². The van der Waals surface area contributed by atoms with Crippen molar-refractivity contribution in [3.05, 3.63) is 10.6 Å². The SMILES string of the molecule is CCCCCNC1C(=O)N2C(C(=O)O)=C(SCCCCC)CS[C@@H]12. The minimum Gasteiger partial charge on any atom is -0.477 e. The van der Waals surface area contributed by atoms with Crippen molar-refractivity contribution in [2.24, 2.45) is 0 Å². The first-order chi connectivity index (χ1) is 11.6. The number of thioether (sulfide) groups is 2. The normalized spacial score (nSPS) is 23.2. The predicted octanol–water partition coefficient (Wildman–Crippen LogP) is 3.27. The number of amides is 1. The molecule has 2 rings (SSSR count). The van der Waals surface area contributed by atoms with Gasteiger partial charge in [0, 0.05) is 10.7 Å². The lowest BCUT2D eigenvalue weighted by molar-refractivity contribution is -0.149. The number of nitrogens with zero attached hydrogens (tertiary/aromatic N) is 1. The molecule has 5 nitrogen and oxygen atoms in total. The molecule has 0 saturated carbocycles. The number of fused-ring (bicyclic) bond motifs is 1. The fourth-order valence-electron chi connectivity index (χ4n) is 2.94. The fourth-order valence-corrected chi connectivity index (χ4v) is 5.61. The van der Waals surface area contributed by atoms with Gasteiger partial charge in [-0.2, -0.15) is 0 Å². The van der Waals surface area contributed by atoms with Crippen molar-refractivity contribution >= 4 is 35.4 Å². The van der Waals surface area contributed by atoms with E-state index in [2.05, 4.69) is 19.2 Å². The van der Waals surface area contributed by atoms with Gasteiger partial charge in [-0.05, 0) is 25.1 Å². The van der Waals surface area contributed by atoms with E-state index in [1.54, 1.807) is 23.5 Å². The number of aliphatic carboxylic acids is 1. The standard InChI is InChI=1S/C17H28N2O3S2/c1-3-5-7-9-18-13-15(20)19-14(17(21)22)12(11-24-16(13)19)23-10-8-6-4-2/h13,16,18H,3-11H2,1-2H3,(H,21,22)/t13?,16-/m0/s1. The van der Waals surface area contributed by atoms with E-state index in [0.717, 1.165) is 55.7 Å². The molecule has 2 heterocycles. The average Bonchev–Trinajstić information content (AvgIpc) is 2.57. The summed E-state index contributed by atoms with van der Waals surface area (Å²) in [6.45, 7) is 5.12. The van der Waals surface area contributed by atoms with Crippen LogP contribution < -0.4 is 5.32 Å². The number of β-lactam (4-membered cyclic amide) rings is 1. The smallest absolute Gasteiger partial charge is 0.353 e. The van der Waals surface area contributed by atoms with E-state index in [-0.39, 0.29) is 23.0 Å². The van der Waals surface area contributed by atoms with Crippen LogP contribution in [0.5, 0.6) is 0 Å². The Morgan fingerprint density at radius 3 is 2.67 bits per heavy atom. The molecule has 24 heavy (non-hydrogen) atoms. The van der Waals surface area contributed by atoms with Crippen LogP contribution in [0.25, 0.3) is 0 Å². The Hall–Kier alpha value is -0.660. The summed E-state index contributed by atoms with van der Waals surface area (Å²) >= 11 is 3.29. The van der Waals surface area contributed by atoms with Gasteiger partial charge in [0.05, 0.1) is 0 Å². The Bertz CT molecular complexity index is 496. The van der Waals surface area contributed by atoms with Gasteiger partial charge < -0.3 is 10.4 Å². The Labute approximate surface area is 153 Å². The molecule has 7 heteroatoms. The van der Waals surface area contributed by atoms with E-state index in [4.69, 9.17) is 0 Å². The van der Waals surface area contributed by atoms with Crippen LogP contribution in [0, 0.1) is 0 Å². The zero-order valence-electron chi connectivity index (χ0n) is 14.5. The van der Waals surface area contributed by atoms with Crippen molar-refractivity contribution in [3.8, 4) is 0 Å². The van der Waals surface area contributed by atoms with E-state index in [1.165, 1.54) is 4.90 Å². The second-order valence-corrected chi connectivity index (χ2v) is 8.48. The highest BCUT2D eigenvalue weighted by molar-refractivity contribution is 8.06. The fraction of sp³-hybridized carbons (Fsp3) is 0.765. The first kappa shape index (κ1) is 19.7. The van der Waals surface area contributed by atoms with E-state index < -0.39 is 5.97 Å². The van der Waals surface area contributed by atoms with Crippen molar-refractivity contribution in [3.63, 3.8) is 0 Å². The lowest BCUT2D eigenvalue weighted by Crippen LogP contribution is -2.69. The summed E-state index contributed by atoms with van der Waals surface area (Å²) in [5, 5.41) is 12.8. The third kappa shape index (κ3) is 4.49. The van der Waals surface area contributed by atoms with E-state index in [9.17, 15) is 14.7 Å². The molecule has 136 valence electrons. The molecule has 0 bridgehead atoms. The molecule has 1 saturated heterocycles. The second kappa shape index (κ2) is 9.73.